The van der Waals surface area contributed by atoms with Crippen LogP contribution in [0.5, 0.6) is 0 Å². The van der Waals surface area contributed by atoms with Crippen LogP contribution in [0.1, 0.15) is 10.4 Å². The number of nitro benzene ring substituents is 1. The number of rotatable bonds is 4. The maximum Gasteiger partial charge on any atom is 0.288 e. The predicted molar refractivity (Wildman–Crippen MR) is 116 cm³/mol. The van der Waals surface area contributed by atoms with E-state index in [1.807, 2.05) is 24.3 Å². The monoisotopic (exact) mass is 443 g/mol. The molecule has 0 atom stereocenters. The highest BCUT2D eigenvalue weighted by molar-refractivity contribution is 7.21. The number of aromatic nitrogens is 1. The van der Waals surface area contributed by atoms with Gasteiger partial charge in [-0.15, -0.1) is 11.3 Å². The number of nitrogens with zero attached hydrogens (tertiary/aromatic N) is 2. The number of hydrogen-bond donors (Lipinski definition) is 1. The molecule has 0 aliphatic rings. The summed E-state index contributed by atoms with van der Waals surface area (Å²) in [7, 11) is 0. The van der Waals surface area contributed by atoms with E-state index in [4.69, 9.17) is 23.2 Å². The minimum atomic E-state index is -0.631. The Hall–Kier alpha value is -3.00. The summed E-state index contributed by atoms with van der Waals surface area (Å²) < 4.78 is 1.01. The van der Waals surface area contributed by atoms with Crippen molar-refractivity contribution in [2.75, 3.05) is 5.32 Å². The SMILES string of the molecule is O=C(Nc1ccc(Cl)cc1-c1nc2ccccc2s1)c1ccc(Cl)c([N+](=O)[O-])c1. The van der Waals surface area contributed by atoms with Gasteiger partial charge in [-0.1, -0.05) is 35.3 Å². The largest absolute Gasteiger partial charge is 0.321 e. The van der Waals surface area contributed by atoms with Crippen molar-refractivity contribution in [3.05, 3.63) is 86.4 Å². The van der Waals surface area contributed by atoms with E-state index in [1.165, 1.54) is 23.5 Å². The second-order valence-corrected chi connectivity index (χ2v) is 7.93. The van der Waals surface area contributed by atoms with E-state index in [2.05, 4.69) is 10.3 Å². The Labute approximate surface area is 178 Å². The minimum Gasteiger partial charge on any atom is -0.321 e. The second kappa shape index (κ2) is 7.79. The molecule has 0 aliphatic heterocycles. The third-order valence-electron chi connectivity index (χ3n) is 4.16. The van der Waals surface area contributed by atoms with Crippen LogP contribution in [0.25, 0.3) is 20.8 Å². The van der Waals surface area contributed by atoms with Crippen molar-refractivity contribution in [2.45, 2.75) is 0 Å². The molecule has 144 valence electrons. The molecule has 0 unspecified atom stereocenters. The van der Waals surface area contributed by atoms with Crippen molar-refractivity contribution in [1.29, 1.82) is 0 Å². The summed E-state index contributed by atoms with van der Waals surface area (Å²) in [4.78, 5) is 27.8. The number of nitro groups is 1. The molecule has 4 aromatic rings. The molecule has 0 fully saturated rings. The number of fused-ring (bicyclic) bond motifs is 1. The summed E-state index contributed by atoms with van der Waals surface area (Å²) in [6, 6.07) is 16.6. The van der Waals surface area contributed by atoms with Gasteiger partial charge < -0.3 is 5.32 Å². The Morgan fingerprint density at radius 2 is 1.86 bits per heavy atom. The zero-order valence-corrected chi connectivity index (χ0v) is 16.9. The molecule has 4 rings (SSSR count). The fourth-order valence-corrected chi connectivity index (χ4v) is 4.13. The molecule has 1 N–H and O–H groups in total. The number of nitrogens with one attached hydrogen (secondary N) is 1. The van der Waals surface area contributed by atoms with Crippen LogP contribution in [0.15, 0.2) is 60.7 Å². The minimum absolute atomic E-state index is 0.0341. The molecule has 0 aliphatic carbocycles. The average molecular weight is 444 g/mol. The molecule has 0 saturated carbocycles. The lowest BCUT2D eigenvalue weighted by atomic mass is 10.1. The average Bonchev–Trinajstić information content (AvgIpc) is 3.13. The van der Waals surface area contributed by atoms with Gasteiger partial charge in [0.2, 0.25) is 0 Å². The zero-order chi connectivity index (χ0) is 20.5. The number of thiazole rings is 1. The molecule has 1 heterocycles. The summed E-state index contributed by atoms with van der Waals surface area (Å²) in [5, 5.41) is 15.0. The summed E-state index contributed by atoms with van der Waals surface area (Å²) in [6.45, 7) is 0. The quantitative estimate of drug-likeness (QED) is 0.290. The lowest BCUT2D eigenvalue weighted by Crippen LogP contribution is -2.13. The fourth-order valence-electron chi connectivity index (χ4n) is 2.78. The molecular weight excluding hydrogens is 433 g/mol. The molecule has 1 amide bonds. The topological polar surface area (TPSA) is 85.1 Å². The zero-order valence-electron chi connectivity index (χ0n) is 14.6. The van der Waals surface area contributed by atoms with Gasteiger partial charge in [0.15, 0.2) is 0 Å². The van der Waals surface area contributed by atoms with Gasteiger partial charge in [-0.3, -0.25) is 14.9 Å². The second-order valence-electron chi connectivity index (χ2n) is 6.05. The first kappa shape index (κ1) is 19.3. The van der Waals surface area contributed by atoms with Gasteiger partial charge in [-0.2, -0.15) is 0 Å². The van der Waals surface area contributed by atoms with E-state index in [0.29, 0.717) is 21.3 Å². The predicted octanol–water partition coefficient (Wildman–Crippen LogP) is 6.43. The van der Waals surface area contributed by atoms with Crippen LogP contribution in [-0.2, 0) is 0 Å². The highest BCUT2D eigenvalue weighted by Gasteiger charge is 2.18. The lowest BCUT2D eigenvalue weighted by Gasteiger charge is -2.10. The first-order valence-electron chi connectivity index (χ1n) is 8.33. The summed E-state index contributed by atoms with van der Waals surface area (Å²) in [5.41, 5.74) is 1.79. The first-order chi connectivity index (χ1) is 13.9. The fraction of sp³-hybridized carbons (Fsp3) is 0. The Morgan fingerprint density at radius 1 is 1.07 bits per heavy atom. The molecule has 1 aromatic heterocycles. The van der Waals surface area contributed by atoms with Gasteiger partial charge in [0.1, 0.15) is 10.0 Å². The number of para-hydroxylation sites is 1. The van der Waals surface area contributed by atoms with Crippen LogP contribution < -0.4 is 5.32 Å². The summed E-state index contributed by atoms with van der Waals surface area (Å²) >= 11 is 13.5. The molecule has 6 nitrogen and oxygen atoms in total. The van der Waals surface area contributed by atoms with Crippen LogP contribution in [0.2, 0.25) is 10.0 Å². The van der Waals surface area contributed by atoms with E-state index >= 15 is 0 Å². The van der Waals surface area contributed by atoms with E-state index < -0.39 is 10.8 Å². The van der Waals surface area contributed by atoms with Crippen molar-refractivity contribution < 1.29 is 9.72 Å². The molecule has 0 radical (unpaired) electrons. The van der Waals surface area contributed by atoms with Crippen molar-refractivity contribution in [1.82, 2.24) is 4.98 Å². The van der Waals surface area contributed by atoms with E-state index in [9.17, 15) is 14.9 Å². The molecular formula is C20H11Cl2N3O3S. The number of benzene rings is 3. The van der Waals surface area contributed by atoms with Gasteiger partial charge in [0.25, 0.3) is 11.6 Å². The van der Waals surface area contributed by atoms with Gasteiger partial charge in [-0.25, -0.2) is 4.98 Å². The standard InChI is InChI=1S/C20H11Cl2N3O3S/c21-12-6-8-15(13(10-12)20-24-16-3-1-2-4-18(16)29-20)23-19(26)11-5-7-14(22)17(9-11)25(27)28/h1-10H,(H,23,26). The third kappa shape index (κ3) is 3.93. The van der Waals surface area contributed by atoms with Crippen LogP contribution in [0.4, 0.5) is 11.4 Å². The van der Waals surface area contributed by atoms with Crippen LogP contribution in [-0.4, -0.2) is 15.8 Å². The maximum atomic E-state index is 12.7. The van der Waals surface area contributed by atoms with E-state index in [-0.39, 0.29) is 16.3 Å². The van der Waals surface area contributed by atoms with Crippen molar-refractivity contribution >= 4 is 62.0 Å². The number of amides is 1. The number of carbonyl (C=O) groups is 1. The van der Waals surface area contributed by atoms with Gasteiger partial charge in [-0.05, 0) is 42.5 Å². The normalized spacial score (nSPS) is 10.8. The number of hydrogen-bond acceptors (Lipinski definition) is 5. The lowest BCUT2D eigenvalue weighted by molar-refractivity contribution is -0.384. The number of halogens is 2. The first-order valence-corrected chi connectivity index (χ1v) is 9.90. The Kier molecular flexibility index (Phi) is 5.19. The van der Waals surface area contributed by atoms with Crippen molar-refractivity contribution in [3.63, 3.8) is 0 Å². The van der Waals surface area contributed by atoms with Crippen LogP contribution in [0, 0.1) is 10.1 Å². The van der Waals surface area contributed by atoms with Crippen LogP contribution >= 0.6 is 34.5 Å². The Bertz CT molecular complexity index is 1240. The Morgan fingerprint density at radius 3 is 2.62 bits per heavy atom. The summed E-state index contributed by atoms with van der Waals surface area (Å²) in [6.07, 6.45) is 0. The van der Waals surface area contributed by atoms with Crippen molar-refractivity contribution in [3.8, 4) is 10.6 Å². The van der Waals surface area contributed by atoms with E-state index in [1.54, 1.807) is 18.2 Å². The Balaban J connectivity index is 1.72. The molecule has 9 heteroatoms. The molecule has 0 spiro atoms. The van der Waals surface area contributed by atoms with Gasteiger partial charge in [0.05, 0.1) is 20.8 Å². The smallest absolute Gasteiger partial charge is 0.288 e. The van der Waals surface area contributed by atoms with Gasteiger partial charge >= 0.3 is 0 Å². The van der Waals surface area contributed by atoms with Crippen LogP contribution in [0.3, 0.4) is 0 Å². The highest BCUT2D eigenvalue weighted by atomic mass is 35.5. The highest BCUT2D eigenvalue weighted by Crippen LogP contribution is 2.36. The third-order valence-corrected chi connectivity index (χ3v) is 5.78. The maximum absolute atomic E-state index is 12.7. The summed E-state index contributed by atoms with van der Waals surface area (Å²) in [5.74, 6) is -0.505. The van der Waals surface area contributed by atoms with Crippen molar-refractivity contribution in [2.24, 2.45) is 0 Å². The van der Waals surface area contributed by atoms with E-state index in [0.717, 1.165) is 16.3 Å². The number of anilines is 1. The molecule has 3 aromatic carbocycles. The van der Waals surface area contributed by atoms with Gasteiger partial charge in [0, 0.05) is 22.2 Å². The molecule has 29 heavy (non-hydrogen) atoms. The number of carbonyl (C=O) groups excluding carboxylic acids is 1. The molecule has 0 bridgehead atoms. The molecule has 0 saturated heterocycles.